The van der Waals surface area contributed by atoms with Crippen LogP contribution >= 0.6 is 0 Å². The second-order valence-electron chi connectivity index (χ2n) is 4.08. The Labute approximate surface area is 114 Å². The number of hydrogen-bond acceptors (Lipinski definition) is 5. The molecule has 0 fully saturated rings. The molecule has 1 heterocycles. The molecule has 0 aliphatic rings. The number of nitrogen functional groups attached to an aromatic ring is 1. The Hall–Kier alpha value is -2.90. The molecule has 0 saturated heterocycles. The summed E-state index contributed by atoms with van der Waals surface area (Å²) < 4.78 is 0. The molecule has 0 bridgehead atoms. The number of anilines is 1. The molecule has 8 nitrogen and oxygen atoms in total. The van der Waals surface area contributed by atoms with Crippen molar-refractivity contribution in [3.63, 3.8) is 0 Å². The zero-order valence-corrected chi connectivity index (χ0v) is 10.5. The fraction of sp³-hybridized carbons (Fsp3) is 0.167. The van der Waals surface area contributed by atoms with E-state index in [9.17, 15) is 14.9 Å². The molecule has 0 atom stereocenters. The van der Waals surface area contributed by atoms with Crippen molar-refractivity contribution in [3.8, 4) is 0 Å². The Morgan fingerprint density at radius 2 is 2.30 bits per heavy atom. The minimum Gasteiger partial charge on any atom is -0.393 e. The standard InChI is InChI=1S/C12H13N5O3/c13-10-3-1-2-9(11(10)17(19)20)12(18)15-5-4-8-6-14-7-16-8/h1-3,6-7H,4-5,13H2,(H,14,16)(H,15,18). The molecule has 0 aliphatic carbocycles. The van der Waals surface area contributed by atoms with Crippen molar-refractivity contribution in [3.05, 3.63) is 52.1 Å². The van der Waals surface area contributed by atoms with Crippen LogP contribution in [0.25, 0.3) is 0 Å². The largest absolute Gasteiger partial charge is 0.393 e. The molecule has 2 aromatic rings. The molecule has 8 heteroatoms. The molecule has 0 spiro atoms. The van der Waals surface area contributed by atoms with Crippen LogP contribution in [0.5, 0.6) is 0 Å². The van der Waals surface area contributed by atoms with Gasteiger partial charge in [0.1, 0.15) is 11.3 Å². The number of aromatic nitrogens is 2. The van der Waals surface area contributed by atoms with E-state index in [1.54, 1.807) is 12.5 Å². The van der Waals surface area contributed by atoms with Gasteiger partial charge < -0.3 is 16.0 Å². The maximum atomic E-state index is 12.0. The number of rotatable bonds is 5. The third kappa shape index (κ3) is 2.91. The van der Waals surface area contributed by atoms with E-state index < -0.39 is 10.8 Å². The number of aromatic amines is 1. The molecule has 0 saturated carbocycles. The quantitative estimate of drug-likeness (QED) is 0.424. The smallest absolute Gasteiger partial charge is 0.304 e. The number of para-hydroxylation sites is 1. The SMILES string of the molecule is Nc1cccc(C(=O)NCCc2cnc[nH]2)c1[N+](=O)[O-]. The molecule has 4 N–H and O–H groups in total. The third-order valence-corrected chi connectivity index (χ3v) is 2.73. The van der Waals surface area contributed by atoms with Gasteiger partial charge >= 0.3 is 5.69 Å². The predicted octanol–water partition coefficient (Wildman–Crippen LogP) is 0.873. The van der Waals surface area contributed by atoms with Crippen molar-refractivity contribution < 1.29 is 9.72 Å². The Balaban J connectivity index is 2.06. The van der Waals surface area contributed by atoms with Gasteiger partial charge in [-0.1, -0.05) is 6.07 Å². The lowest BCUT2D eigenvalue weighted by molar-refractivity contribution is -0.384. The normalized spacial score (nSPS) is 10.2. The van der Waals surface area contributed by atoms with E-state index in [2.05, 4.69) is 15.3 Å². The van der Waals surface area contributed by atoms with Crippen LogP contribution in [0, 0.1) is 10.1 Å². The number of carbonyl (C=O) groups excluding carboxylic acids is 1. The predicted molar refractivity (Wildman–Crippen MR) is 72.1 cm³/mol. The van der Waals surface area contributed by atoms with Crippen molar-refractivity contribution in [1.29, 1.82) is 0 Å². The number of nitrogens with zero attached hydrogens (tertiary/aromatic N) is 2. The Morgan fingerprint density at radius 3 is 2.95 bits per heavy atom. The summed E-state index contributed by atoms with van der Waals surface area (Å²) in [7, 11) is 0. The highest BCUT2D eigenvalue weighted by atomic mass is 16.6. The summed E-state index contributed by atoms with van der Waals surface area (Å²) in [4.78, 5) is 29.0. The van der Waals surface area contributed by atoms with Gasteiger partial charge in [0.15, 0.2) is 0 Å². The number of benzene rings is 1. The molecule has 0 aliphatic heterocycles. The monoisotopic (exact) mass is 275 g/mol. The van der Waals surface area contributed by atoms with Gasteiger partial charge in [-0.15, -0.1) is 0 Å². The molecule has 1 amide bonds. The van der Waals surface area contributed by atoms with Crippen LogP contribution in [0.2, 0.25) is 0 Å². The topological polar surface area (TPSA) is 127 Å². The molecule has 0 unspecified atom stereocenters. The number of nitrogens with one attached hydrogen (secondary N) is 2. The van der Waals surface area contributed by atoms with E-state index in [0.29, 0.717) is 13.0 Å². The van der Waals surface area contributed by atoms with Crippen LogP contribution in [0.3, 0.4) is 0 Å². The molecule has 1 aromatic heterocycles. The summed E-state index contributed by atoms with van der Waals surface area (Å²) in [6, 6.07) is 4.27. The van der Waals surface area contributed by atoms with E-state index in [1.165, 1.54) is 18.2 Å². The number of nitro groups is 1. The van der Waals surface area contributed by atoms with Crippen LogP contribution in [0.1, 0.15) is 16.1 Å². The van der Waals surface area contributed by atoms with E-state index in [4.69, 9.17) is 5.73 Å². The fourth-order valence-electron chi connectivity index (χ4n) is 1.78. The lowest BCUT2D eigenvalue weighted by Gasteiger charge is -2.06. The first-order valence-electron chi connectivity index (χ1n) is 5.88. The highest BCUT2D eigenvalue weighted by molar-refractivity contribution is 6.00. The number of amides is 1. The van der Waals surface area contributed by atoms with Crippen molar-refractivity contribution in [2.24, 2.45) is 0 Å². The van der Waals surface area contributed by atoms with Gasteiger partial charge in [-0.05, 0) is 12.1 Å². The molecule has 2 rings (SSSR count). The first-order valence-corrected chi connectivity index (χ1v) is 5.88. The number of H-pyrrole nitrogens is 1. The van der Waals surface area contributed by atoms with Crippen LogP contribution in [-0.2, 0) is 6.42 Å². The fourth-order valence-corrected chi connectivity index (χ4v) is 1.78. The molecule has 1 aromatic carbocycles. The average molecular weight is 275 g/mol. The first-order chi connectivity index (χ1) is 9.59. The van der Waals surface area contributed by atoms with Gasteiger partial charge in [-0.2, -0.15) is 0 Å². The van der Waals surface area contributed by atoms with Crippen LogP contribution in [0.4, 0.5) is 11.4 Å². The summed E-state index contributed by atoms with van der Waals surface area (Å²) in [5, 5.41) is 13.6. The highest BCUT2D eigenvalue weighted by Gasteiger charge is 2.22. The van der Waals surface area contributed by atoms with Gasteiger partial charge in [-0.25, -0.2) is 4.98 Å². The highest BCUT2D eigenvalue weighted by Crippen LogP contribution is 2.25. The van der Waals surface area contributed by atoms with Crippen LogP contribution in [-0.4, -0.2) is 27.3 Å². The van der Waals surface area contributed by atoms with Gasteiger partial charge in [-0.3, -0.25) is 14.9 Å². The van der Waals surface area contributed by atoms with Crippen LogP contribution in [0.15, 0.2) is 30.7 Å². The summed E-state index contributed by atoms with van der Waals surface area (Å²) in [6.45, 7) is 0.340. The molecular weight excluding hydrogens is 262 g/mol. The maximum absolute atomic E-state index is 12.0. The lowest BCUT2D eigenvalue weighted by atomic mass is 10.1. The van der Waals surface area contributed by atoms with Gasteiger partial charge in [0, 0.05) is 24.9 Å². The minimum atomic E-state index is -0.654. The maximum Gasteiger partial charge on any atom is 0.304 e. The van der Waals surface area contributed by atoms with Gasteiger partial charge in [0.25, 0.3) is 5.91 Å². The van der Waals surface area contributed by atoms with E-state index in [0.717, 1.165) is 5.69 Å². The number of hydrogen-bond donors (Lipinski definition) is 3. The lowest BCUT2D eigenvalue weighted by Crippen LogP contribution is -2.26. The Morgan fingerprint density at radius 1 is 1.50 bits per heavy atom. The van der Waals surface area contributed by atoms with Gasteiger partial charge in [0.05, 0.1) is 11.3 Å². The summed E-state index contributed by atoms with van der Waals surface area (Å²) in [5.74, 6) is -0.525. The second kappa shape index (κ2) is 5.83. The summed E-state index contributed by atoms with van der Waals surface area (Å²) in [5.41, 5.74) is 5.96. The molecule has 20 heavy (non-hydrogen) atoms. The Kier molecular flexibility index (Phi) is 3.94. The van der Waals surface area contributed by atoms with Crippen LogP contribution < -0.4 is 11.1 Å². The zero-order valence-electron chi connectivity index (χ0n) is 10.5. The van der Waals surface area contributed by atoms with E-state index in [-0.39, 0.29) is 16.9 Å². The summed E-state index contributed by atoms with van der Waals surface area (Å²) in [6.07, 6.45) is 3.75. The van der Waals surface area contributed by atoms with Gasteiger partial charge in [0.2, 0.25) is 0 Å². The van der Waals surface area contributed by atoms with Crippen molar-refractivity contribution >= 4 is 17.3 Å². The van der Waals surface area contributed by atoms with Crippen molar-refractivity contribution in [1.82, 2.24) is 15.3 Å². The zero-order chi connectivity index (χ0) is 14.5. The third-order valence-electron chi connectivity index (χ3n) is 2.73. The number of nitro benzene ring substituents is 1. The number of imidazole rings is 1. The second-order valence-corrected chi connectivity index (χ2v) is 4.08. The minimum absolute atomic E-state index is 0.0313. The average Bonchev–Trinajstić information content (AvgIpc) is 2.91. The number of nitrogens with two attached hydrogens (primary N) is 1. The van der Waals surface area contributed by atoms with E-state index in [1.807, 2.05) is 0 Å². The molecule has 0 radical (unpaired) electrons. The van der Waals surface area contributed by atoms with Crippen molar-refractivity contribution in [2.75, 3.05) is 12.3 Å². The van der Waals surface area contributed by atoms with E-state index >= 15 is 0 Å². The first kappa shape index (κ1) is 13.5. The Bertz CT molecular complexity index is 624. The van der Waals surface area contributed by atoms with Crippen molar-refractivity contribution in [2.45, 2.75) is 6.42 Å². The summed E-state index contributed by atoms with van der Waals surface area (Å²) >= 11 is 0. The number of carbonyl (C=O) groups is 1. The molecular formula is C12H13N5O3. The molecule has 104 valence electrons.